The summed E-state index contributed by atoms with van der Waals surface area (Å²) in [5.74, 6) is 0. The minimum atomic E-state index is -0.326. The lowest BCUT2D eigenvalue weighted by Gasteiger charge is -2.32. The minimum Gasteiger partial charge on any atom is -0.441 e. The number of anilines is 1. The van der Waals surface area contributed by atoms with Crippen LogP contribution < -0.4 is 10.6 Å². The first-order valence-corrected chi connectivity index (χ1v) is 5.97. The summed E-state index contributed by atoms with van der Waals surface area (Å²) in [6, 6.07) is 5.85. The van der Waals surface area contributed by atoms with Gasteiger partial charge in [-0.1, -0.05) is 6.07 Å². The quantitative estimate of drug-likeness (QED) is 0.885. The Morgan fingerprint density at radius 3 is 2.94 bits per heavy atom. The molecule has 98 valence electrons. The van der Waals surface area contributed by atoms with Gasteiger partial charge in [-0.2, -0.15) is 0 Å². The topological polar surface area (TPSA) is 64.8 Å². The third-order valence-electron chi connectivity index (χ3n) is 3.07. The summed E-state index contributed by atoms with van der Waals surface area (Å²) in [6.45, 7) is 3.30. The number of benzene rings is 1. The monoisotopic (exact) mass is 250 g/mol. The Bertz CT molecular complexity index is 448. The molecule has 0 bridgehead atoms. The molecule has 1 unspecified atom stereocenters. The van der Waals surface area contributed by atoms with Crippen LogP contribution in [0, 0.1) is 0 Å². The summed E-state index contributed by atoms with van der Waals surface area (Å²) < 4.78 is 10.3. The van der Waals surface area contributed by atoms with Crippen LogP contribution in [0.3, 0.4) is 0 Å². The third kappa shape index (κ3) is 2.32. The maximum atomic E-state index is 11.9. The van der Waals surface area contributed by atoms with Crippen molar-refractivity contribution >= 4 is 11.8 Å². The van der Waals surface area contributed by atoms with Crippen LogP contribution in [-0.2, 0) is 16.0 Å². The summed E-state index contributed by atoms with van der Waals surface area (Å²) in [4.78, 5) is 13.4. The lowest BCUT2D eigenvalue weighted by atomic mass is 10.0. The smallest absolute Gasteiger partial charge is 0.414 e. The number of nitrogens with two attached hydrogens (primary N) is 1. The van der Waals surface area contributed by atoms with Gasteiger partial charge in [0.25, 0.3) is 0 Å². The molecule has 0 fully saturated rings. The molecular weight excluding hydrogens is 232 g/mol. The third-order valence-corrected chi connectivity index (χ3v) is 3.07. The molecule has 0 radical (unpaired) electrons. The van der Waals surface area contributed by atoms with E-state index in [2.05, 4.69) is 0 Å². The number of carbonyl (C=O) groups is 1. The molecule has 0 aliphatic carbocycles. The largest absolute Gasteiger partial charge is 0.441 e. The Kier molecular flexibility index (Phi) is 3.84. The van der Waals surface area contributed by atoms with Crippen molar-refractivity contribution < 1.29 is 14.3 Å². The lowest BCUT2D eigenvalue weighted by molar-refractivity contribution is 0.105. The number of hydrogen-bond donors (Lipinski definition) is 1. The molecule has 5 heteroatoms. The van der Waals surface area contributed by atoms with Gasteiger partial charge < -0.3 is 15.2 Å². The van der Waals surface area contributed by atoms with Crippen molar-refractivity contribution in [3.05, 3.63) is 29.3 Å². The van der Waals surface area contributed by atoms with Crippen molar-refractivity contribution in [2.24, 2.45) is 5.73 Å². The standard InChI is InChI=1S/C13H18N2O3/c1-9-11-7-10(8-14)3-4-12(11)15(5-6-17-2)13(16)18-9/h3-4,7,9H,5-6,8,14H2,1-2H3. The minimum absolute atomic E-state index is 0.238. The number of rotatable bonds is 4. The Hall–Kier alpha value is -1.59. The normalized spacial score (nSPS) is 18.5. The molecule has 1 amide bonds. The van der Waals surface area contributed by atoms with Gasteiger partial charge in [0.05, 0.1) is 18.8 Å². The van der Waals surface area contributed by atoms with Gasteiger partial charge in [-0.25, -0.2) is 4.79 Å². The van der Waals surface area contributed by atoms with Crippen LogP contribution in [0.5, 0.6) is 0 Å². The second kappa shape index (κ2) is 5.37. The van der Waals surface area contributed by atoms with E-state index in [9.17, 15) is 4.79 Å². The molecular formula is C13H18N2O3. The van der Waals surface area contributed by atoms with E-state index in [1.807, 2.05) is 25.1 Å². The van der Waals surface area contributed by atoms with Crippen molar-refractivity contribution in [1.82, 2.24) is 0 Å². The van der Waals surface area contributed by atoms with Gasteiger partial charge in [-0.3, -0.25) is 4.90 Å². The Morgan fingerprint density at radius 1 is 1.50 bits per heavy atom. The molecule has 1 aliphatic rings. The van der Waals surface area contributed by atoms with Crippen LogP contribution in [0.2, 0.25) is 0 Å². The molecule has 1 heterocycles. The fourth-order valence-electron chi connectivity index (χ4n) is 2.07. The SMILES string of the molecule is COCCN1C(=O)OC(C)c2cc(CN)ccc21. The average molecular weight is 250 g/mol. The van der Waals surface area contributed by atoms with Gasteiger partial charge in [0.1, 0.15) is 6.10 Å². The number of methoxy groups -OCH3 is 1. The van der Waals surface area contributed by atoms with Crippen LogP contribution in [0.15, 0.2) is 18.2 Å². The Morgan fingerprint density at radius 2 is 2.28 bits per heavy atom. The molecule has 2 rings (SSSR count). The van der Waals surface area contributed by atoms with Crippen LogP contribution in [0.4, 0.5) is 10.5 Å². The number of fused-ring (bicyclic) bond motifs is 1. The van der Waals surface area contributed by atoms with Gasteiger partial charge in [0, 0.05) is 19.2 Å². The predicted molar refractivity (Wildman–Crippen MR) is 68.5 cm³/mol. The van der Waals surface area contributed by atoms with Gasteiger partial charge in [0.2, 0.25) is 0 Å². The molecule has 1 atom stereocenters. The van der Waals surface area contributed by atoms with Gasteiger partial charge in [-0.15, -0.1) is 0 Å². The van der Waals surface area contributed by atoms with E-state index in [1.165, 1.54) is 0 Å². The van der Waals surface area contributed by atoms with Crippen molar-refractivity contribution in [2.75, 3.05) is 25.2 Å². The molecule has 0 spiro atoms. The van der Waals surface area contributed by atoms with E-state index in [-0.39, 0.29) is 12.2 Å². The molecule has 0 saturated heterocycles. The predicted octanol–water partition coefficient (Wildman–Crippen LogP) is 1.81. The van der Waals surface area contributed by atoms with E-state index >= 15 is 0 Å². The number of nitrogens with zero attached hydrogens (tertiary/aromatic N) is 1. The number of carbonyl (C=O) groups excluding carboxylic acids is 1. The van der Waals surface area contributed by atoms with Crippen molar-refractivity contribution in [2.45, 2.75) is 19.6 Å². The fraction of sp³-hybridized carbons (Fsp3) is 0.462. The van der Waals surface area contributed by atoms with Crippen molar-refractivity contribution in [3.8, 4) is 0 Å². The molecule has 1 aromatic rings. The molecule has 0 saturated carbocycles. The van der Waals surface area contributed by atoms with Crippen LogP contribution >= 0.6 is 0 Å². The average Bonchev–Trinajstić information content (AvgIpc) is 2.38. The van der Waals surface area contributed by atoms with E-state index in [0.717, 1.165) is 16.8 Å². The van der Waals surface area contributed by atoms with Gasteiger partial charge in [0.15, 0.2) is 0 Å². The highest BCUT2D eigenvalue weighted by molar-refractivity contribution is 5.91. The maximum absolute atomic E-state index is 11.9. The maximum Gasteiger partial charge on any atom is 0.414 e. The van der Waals surface area contributed by atoms with E-state index in [4.69, 9.17) is 15.2 Å². The highest BCUT2D eigenvalue weighted by Gasteiger charge is 2.30. The number of hydrogen-bond acceptors (Lipinski definition) is 4. The first kappa shape index (κ1) is 12.9. The van der Waals surface area contributed by atoms with Gasteiger partial charge in [-0.05, 0) is 24.6 Å². The summed E-state index contributed by atoms with van der Waals surface area (Å²) >= 11 is 0. The molecule has 2 N–H and O–H groups in total. The summed E-state index contributed by atoms with van der Waals surface area (Å²) in [7, 11) is 1.61. The second-order valence-corrected chi connectivity index (χ2v) is 4.27. The van der Waals surface area contributed by atoms with Crippen molar-refractivity contribution in [1.29, 1.82) is 0 Å². The molecule has 1 aromatic carbocycles. The van der Waals surface area contributed by atoms with Crippen LogP contribution in [0.1, 0.15) is 24.2 Å². The highest BCUT2D eigenvalue weighted by atomic mass is 16.6. The van der Waals surface area contributed by atoms with Crippen LogP contribution in [0.25, 0.3) is 0 Å². The Labute approximate surface area is 106 Å². The first-order valence-electron chi connectivity index (χ1n) is 5.97. The second-order valence-electron chi connectivity index (χ2n) is 4.27. The number of ether oxygens (including phenoxy) is 2. The zero-order chi connectivity index (χ0) is 13.1. The molecule has 0 aromatic heterocycles. The zero-order valence-corrected chi connectivity index (χ0v) is 10.7. The van der Waals surface area contributed by atoms with Gasteiger partial charge >= 0.3 is 6.09 Å². The first-order chi connectivity index (χ1) is 8.67. The summed E-state index contributed by atoms with van der Waals surface area (Å²) in [5.41, 5.74) is 8.54. The van der Waals surface area contributed by atoms with E-state index < -0.39 is 0 Å². The number of amides is 1. The van der Waals surface area contributed by atoms with E-state index in [0.29, 0.717) is 19.7 Å². The molecule has 18 heavy (non-hydrogen) atoms. The van der Waals surface area contributed by atoms with E-state index in [1.54, 1.807) is 12.0 Å². The fourth-order valence-corrected chi connectivity index (χ4v) is 2.07. The van der Waals surface area contributed by atoms with Crippen molar-refractivity contribution in [3.63, 3.8) is 0 Å². The Balaban J connectivity index is 2.36. The summed E-state index contributed by atoms with van der Waals surface area (Å²) in [6.07, 6.45) is -0.564. The van der Waals surface area contributed by atoms with Crippen LogP contribution in [-0.4, -0.2) is 26.4 Å². The molecule has 5 nitrogen and oxygen atoms in total. The lowest BCUT2D eigenvalue weighted by Crippen LogP contribution is -2.39. The molecule has 1 aliphatic heterocycles. The zero-order valence-electron chi connectivity index (χ0n) is 10.7. The highest BCUT2D eigenvalue weighted by Crippen LogP contribution is 2.34. The summed E-state index contributed by atoms with van der Waals surface area (Å²) in [5, 5.41) is 0. The number of cyclic esters (lactones) is 1.